The lowest BCUT2D eigenvalue weighted by molar-refractivity contribution is 0.0700. The lowest BCUT2D eigenvalue weighted by Crippen LogP contribution is -1.96. The number of aliphatic hydroxyl groups is 1. The summed E-state index contributed by atoms with van der Waals surface area (Å²) in [6.07, 6.45) is -2.56. The van der Waals surface area contributed by atoms with Gasteiger partial charge in [-0.3, -0.25) is 4.55 Å². The van der Waals surface area contributed by atoms with E-state index in [-0.39, 0.29) is 4.90 Å². The fraction of sp³-hybridized carbons (Fsp3) is 0.333. The third-order valence-corrected chi connectivity index (χ3v) is 2.32. The fourth-order valence-corrected chi connectivity index (χ4v) is 1.19. The number of rotatable bonds is 2. The standard InChI is InChI=1S/C7H8O3S.C2H4F2O/c1-6-2-4-7(5-3-6)11(8,9)10;3-2(4)1-5/h2-5H,1H3,(H,8,9,10);2,5H,1H2. The molecule has 1 rings (SSSR count). The molecule has 16 heavy (non-hydrogen) atoms. The van der Waals surface area contributed by atoms with Crippen molar-refractivity contribution in [1.29, 1.82) is 0 Å². The zero-order valence-corrected chi connectivity index (χ0v) is 9.29. The number of alkyl halides is 2. The fourth-order valence-electron chi connectivity index (χ4n) is 0.710. The molecular formula is C9H12F2O4S. The Hall–Kier alpha value is -1.05. The molecule has 0 aromatic heterocycles. The van der Waals surface area contributed by atoms with Crippen LogP contribution < -0.4 is 0 Å². The molecule has 0 heterocycles. The van der Waals surface area contributed by atoms with Crippen LogP contribution in [0.3, 0.4) is 0 Å². The monoisotopic (exact) mass is 254 g/mol. The van der Waals surface area contributed by atoms with E-state index < -0.39 is 23.2 Å². The van der Waals surface area contributed by atoms with Gasteiger partial charge in [-0.2, -0.15) is 8.42 Å². The second-order valence-electron chi connectivity index (χ2n) is 2.86. The van der Waals surface area contributed by atoms with Crippen LogP contribution in [0.25, 0.3) is 0 Å². The first-order valence-corrected chi connectivity index (χ1v) is 5.64. The highest BCUT2D eigenvalue weighted by Gasteiger charge is 2.06. The average Bonchev–Trinajstić information content (AvgIpc) is 2.18. The zero-order valence-electron chi connectivity index (χ0n) is 8.47. The molecule has 0 atom stereocenters. The van der Waals surface area contributed by atoms with E-state index in [0.717, 1.165) is 5.56 Å². The lowest BCUT2D eigenvalue weighted by atomic mass is 10.2. The summed E-state index contributed by atoms with van der Waals surface area (Å²) in [6.45, 7) is 0.813. The third-order valence-electron chi connectivity index (χ3n) is 1.46. The molecule has 0 aliphatic heterocycles. The van der Waals surface area contributed by atoms with E-state index >= 15 is 0 Å². The maximum Gasteiger partial charge on any atom is 0.294 e. The van der Waals surface area contributed by atoms with E-state index in [2.05, 4.69) is 0 Å². The van der Waals surface area contributed by atoms with Gasteiger partial charge in [-0.05, 0) is 19.1 Å². The lowest BCUT2D eigenvalue weighted by Gasteiger charge is -1.95. The summed E-state index contributed by atoms with van der Waals surface area (Å²) in [4.78, 5) is -0.0666. The van der Waals surface area contributed by atoms with Crippen LogP contribution in [0.15, 0.2) is 29.2 Å². The third kappa shape index (κ3) is 6.44. The van der Waals surface area contributed by atoms with Gasteiger partial charge in [0.1, 0.15) is 6.61 Å². The smallest absolute Gasteiger partial charge is 0.294 e. The Morgan fingerprint density at radius 3 is 1.88 bits per heavy atom. The number of halogens is 2. The SMILES string of the molecule is Cc1ccc(S(=O)(=O)O)cc1.OCC(F)F. The van der Waals surface area contributed by atoms with E-state index in [1.807, 2.05) is 6.92 Å². The largest absolute Gasteiger partial charge is 0.390 e. The summed E-state index contributed by atoms with van der Waals surface area (Å²) in [5, 5.41) is 7.39. The Labute approximate surface area is 92.3 Å². The first-order chi connectivity index (χ1) is 7.27. The Balaban J connectivity index is 0.000000385. The van der Waals surface area contributed by atoms with Crippen molar-refractivity contribution < 1.29 is 26.9 Å². The molecule has 0 saturated heterocycles. The molecule has 0 unspecified atom stereocenters. The molecule has 0 bridgehead atoms. The Bertz CT molecular complexity index is 400. The predicted molar refractivity (Wildman–Crippen MR) is 54.1 cm³/mol. The van der Waals surface area contributed by atoms with Crippen LogP contribution in [0.4, 0.5) is 8.78 Å². The molecule has 4 nitrogen and oxygen atoms in total. The first-order valence-electron chi connectivity index (χ1n) is 4.20. The minimum atomic E-state index is -4.02. The number of hydrogen-bond acceptors (Lipinski definition) is 3. The molecular weight excluding hydrogens is 242 g/mol. The maximum absolute atomic E-state index is 10.5. The summed E-state index contributed by atoms with van der Waals surface area (Å²) >= 11 is 0. The predicted octanol–water partition coefficient (Wildman–Crippen LogP) is 1.49. The number of benzene rings is 1. The molecule has 0 saturated carbocycles. The highest BCUT2D eigenvalue weighted by molar-refractivity contribution is 7.85. The van der Waals surface area contributed by atoms with Crippen LogP contribution in [0.5, 0.6) is 0 Å². The molecule has 0 aliphatic carbocycles. The van der Waals surface area contributed by atoms with Crippen molar-refractivity contribution in [3.05, 3.63) is 29.8 Å². The van der Waals surface area contributed by atoms with Crippen LogP contribution in [-0.2, 0) is 10.1 Å². The highest BCUT2D eigenvalue weighted by Crippen LogP contribution is 2.08. The Kier molecular flexibility index (Phi) is 6.09. The van der Waals surface area contributed by atoms with Crippen LogP contribution in [0.1, 0.15) is 5.56 Å². The summed E-state index contributed by atoms with van der Waals surface area (Å²) in [5.41, 5.74) is 0.956. The van der Waals surface area contributed by atoms with Crippen molar-refractivity contribution in [1.82, 2.24) is 0 Å². The van der Waals surface area contributed by atoms with Gasteiger partial charge < -0.3 is 5.11 Å². The molecule has 92 valence electrons. The second-order valence-corrected chi connectivity index (χ2v) is 4.28. The maximum atomic E-state index is 10.5. The van der Waals surface area contributed by atoms with E-state index in [0.29, 0.717) is 0 Å². The summed E-state index contributed by atoms with van der Waals surface area (Å²) in [7, 11) is -4.02. The van der Waals surface area contributed by atoms with Crippen LogP contribution in [-0.4, -0.2) is 31.1 Å². The van der Waals surface area contributed by atoms with Gasteiger partial charge in [0, 0.05) is 0 Å². The molecule has 1 aromatic carbocycles. The number of aliphatic hydroxyl groups excluding tert-OH is 1. The molecule has 1 aromatic rings. The van der Waals surface area contributed by atoms with Gasteiger partial charge in [0.15, 0.2) is 0 Å². The van der Waals surface area contributed by atoms with Crippen molar-refractivity contribution in [2.45, 2.75) is 18.2 Å². The molecule has 0 fully saturated rings. The quantitative estimate of drug-likeness (QED) is 0.784. The van der Waals surface area contributed by atoms with Gasteiger partial charge in [0.05, 0.1) is 4.90 Å². The highest BCUT2D eigenvalue weighted by atomic mass is 32.2. The second kappa shape index (κ2) is 6.51. The average molecular weight is 254 g/mol. The normalized spacial score (nSPS) is 10.9. The summed E-state index contributed by atoms with van der Waals surface area (Å²) < 4.78 is 50.6. The first kappa shape index (κ1) is 14.9. The van der Waals surface area contributed by atoms with E-state index in [9.17, 15) is 17.2 Å². The van der Waals surface area contributed by atoms with E-state index in [1.54, 1.807) is 12.1 Å². The van der Waals surface area contributed by atoms with Gasteiger partial charge in [0.2, 0.25) is 0 Å². The van der Waals surface area contributed by atoms with E-state index in [1.165, 1.54) is 12.1 Å². The topological polar surface area (TPSA) is 74.6 Å². The molecule has 0 aliphatic rings. The molecule has 0 radical (unpaired) electrons. The van der Waals surface area contributed by atoms with Crippen molar-refractivity contribution in [3.8, 4) is 0 Å². The van der Waals surface area contributed by atoms with Crippen LogP contribution >= 0.6 is 0 Å². The zero-order chi connectivity index (χ0) is 12.8. The van der Waals surface area contributed by atoms with Gasteiger partial charge in [-0.1, -0.05) is 17.7 Å². The summed E-state index contributed by atoms with van der Waals surface area (Å²) in [5.74, 6) is 0. The van der Waals surface area contributed by atoms with Crippen LogP contribution in [0.2, 0.25) is 0 Å². The van der Waals surface area contributed by atoms with Gasteiger partial charge in [0.25, 0.3) is 16.5 Å². The molecule has 7 heteroatoms. The van der Waals surface area contributed by atoms with Crippen molar-refractivity contribution >= 4 is 10.1 Å². The van der Waals surface area contributed by atoms with Crippen molar-refractivity contribution in [3.63, 3.8) is 0 Å². The van der Waals surface area contributed by atoms with Gasteiger partial charge in [-0.25, -0.2) is 8.78 Å². The van der Waals surface area contributed by atoms with Crippen LogP contribution in [0, 0.1) is 6.92 Å². The molecule has 2 N–H and O–H groups in total. The Morgan fingerprint density at radius 1 is 1.25 bits per heavy atom. The van der Waals surface area contributed by atoms with Gasteiger partial charge >= 0.3 is 0 Å². The minimum absolute atomic E-state index is 0.0666. The van der Waals surface area contributed by atoms with Crippen molar-refractivity contribution in [2.24, 2.45) is 0 Å². The van der Waals surface area contributed by atoms with E-state index in [4.69, 9.17) is 9.66 Å². The number of hydrogen-bond donors (Lipinski definition) is 2. The molecule has 0 spiro atoms. The Morgan fingerprint density at radius 2 is 1.62 bits per heavy atom. The molecule has 0 amide bonds. The summed E-state index contributed by atoms with van der Waals surface area (Å²) in [6, 6.07) is 5.99. The minimum Gasteiger partial charge on any atom is -0.390 e. The van der Waals surface area contributed by atoms with Crippen molar-refractivity contribution in [2.75, 3.05) is 6.61 Å². The van der Waals surface area contributed by atoms with Gasteiger partial charge in [-0.15, -0.1) is 0 Å². The number of aryl methyl sites for hydroxylation is 1.